The maximum Gasteiger partial charge on any atom is 0.265 e. The van der Waals surface area contributed by atoms with E-state index in [1.807, 2.05) is 31.2 Å². The standard InChI is InChI=1S/C29H30N2O5S/c1-15-17(3)37-28(22(15)26(30)33)31-27(34)16(2)35-25-23(32)20-9-7-8-10-21(20)36-24(25)18-11-13-19(14-12-18)29(4,5)6/h7-14,16H,1-6H3,(H2,30,33)(H,31,34). The molecule has 2 heterocycles. The number of fused-ring (bicyclic) bond motifs is 1. The monoisotopic (exact) mass is 518 g/mol. The molecule has 4 aromatic rings. The van der Waals surface area contributed by atoms with Gasteiger partial charge in [0, 0.05) is 10.4 Å². The molecule has 3 N–H and O–H groups in total. The number of rotatable bonds is 6. The van der Waals surface area contributed by atoms with Crippen LogP contribution in [0.25, 0.3) is 22.3 Å². The zero-order chi connectivity index (χ0) is 27.1. The van der Waals surface area contributed by atoms with Crippen LogP contribution in [0.15, 0.2) is 57.7 Å². The van der Waals surface area contributed by atoms with Gasteiger partial charge in [0.15, 0.2) is 11.9 Å². The van der Waals surface area contributed by atoms with E-state index >= 15 is 0 Å². The van der Waals surface area contributed by atoms with Gasteiger partial charge in [-0.3, -0.25) is 14.4 Å². The molecule has 2 aromatic heterocycles. The van der Waals surface area contributed by atoms with Gasteiger partial charge in [0.25, 0.3) is 11.8 Å². The Morgan fingerprint density at radius 2 is 1.70 bits per heavy atom. The molecule has 0 saturated carbocycles. The molecule has 0 saturated heterocycles. The van der Waals surface area contributed by atoms with E-state index < -0.39 is 17.9 Å². The lowest BCUT2D eigenvalue weighted by Crippen LogP contribution is -2.32. The summed E-state index contributed by atoms with van der Waals surface area (Å²) in [5, 5.41) is 3.44. The minimum atomic E-state index is -1.07. The molecule has 0 aliphatic rings. The van der Waals surface area contributed by atoms with E-state index in [1.165, 1.54) is 18.3 Å². The van der Waals surface area contributed by atoms with E-state index in [0.29, 0.717) is 21.5 Å². The van der Waals surface area contributed by atoms with Crippen molar-refractivity contribution in [3.05, 3.63) is 80.3 Å². The number of amides is 2. The van der Waals surface area contributed by atoms with Crippen LogP contribution in [0.4, 0.5) is 5.00 Å². The lowest BCUT2D eigenvalue weighted by Gasteiger charge is -2.20. The third kappa shape index (κ3) is 5.15. The van der Waals surface area contributed by atoms with Crippen molar-refractivity contribution in [1.82, 2.24) is 0 Å². The summed E-state index contributed by atoms with van der Waals surface area (Å²) in [7, 11) is 0. The van der Waals surface area contributed by atoms with E-state index in [4.69, 9.17) is 14.9 Å². The number of thiophene rings is 1. The van der Waals surface area contributed by atoms with Crippen LogP contribution in [0, 0.1) is 13.8 Å². The summed E-state index contributed by atoms with van der Waals surface area (Å²) in [6, 6.07) is 14.6. The third-order valence-electron chi connectivity index (χ3n) is 6.30. The van der Waals surface area contributed by atoms with Gasteiger partial charge in [0.05, 0.1) is 10.9 Å². The molecule has 0 spiro atoms. The van der Waals surface area contributed by atoms with E-state index in [2.05, 4.69) is 26.1 Å². The molecule has 0 aliphatic heterocycles. The van der Waals surface area contributed by atoms with E-state index in [1.54, 1.807) is 31.2 Å². The second-order valence-corrected chi connectivity index (χ2v) is 11.2. The molecule has 0 fully saturated rings. The van der Waals surface area contributed by atoms with Crippen molar-refractivity contribution in [2.24, 2.45) is 5.73 Å². The van der Waals surface area contributed by atoms with Crippen LogP contribution in [0.5, 0.6) is 5.75 Å². The SMILES string of the molecule is Cc1sc(NC(=O)C(C)Oc2c(-c3ccc(C(C)(C)C)cc3)oc3ccccc3c2=O)c(C(N)=O)c1C. The smallest absolute Gasteiger partial charge is 0.265 e. The fraction of sp³-hybridized carbons (Fsp3) is 0.276. The molecule has 0 aliphatic carbocycles. The zero-order valence-corrected chi connectivity index (χ0v) is 22.5. The number of carbonyl (C=O) groups is 2. The fourth-order valence-corrected chi connectivity index (χ4v) is 5.07. The predicted octanol–water partition coefficient (Wildman–Crippen LogP) is 5.94. The second-order valence-electron chi connectivity index (χ2n) is 10.0. The molecule has 7 nitrogen and oxygen atoms in total. The van der Waals surface area contributed by atoms with Crippen molar-refractivity contribution < 1.29 is 18.7 Å². The minimum Gasteiger partial charge on any atom is -0.473 e. The van der Waals surface area contributed by atoms with Crippen LogP contribution in [-0.4, -0.2) is 17.9 Å². The maximum absolute atomic E-state index is 13.5. The Morgan fingerprint density at radius 1 is 1.05 bits per heavy atom. The first kappa shape index (κ1) is 26.2. The molecule has 1 unspecified atom stereocenters. The molecule has 0 bridgehead atoms. The number of ether oxygens (including phenoxy) is 1. The summed E-state index contributed by atoms with van der Waals surface area (Å²) in [6.45, 7) is 11.5. The number of hydrogen-bond acceptors (Lipinski definition) is 6. The molecule has 0 radical (unpaired) electrons. The fourth-order valence-electron chi connectivity index (χ4n) is 4.00. The van der Waals surface area contributed by atoms with Crippen LogP contribution < -0.4 is 21.2 Å². The first-order valence-electron chi connectivity index (χ1n) is 11.9. The van der Waals surface area contributed by atoms with Crippen LogP contribution in [0.2, 0.25) is 0 Å². The second kappa shape index (κ2) is 9.86. The van der Waals surface area contributed by atoms with Gasteiger partial charge in [0.2, 0.25) is 11.2 Å². The summed E-state index contributed by atoms with van der Waals surface area (Å²) in [4.78, 5) is 39.4. The first-order valence-corrected chi connectivity index (χ1v) is 12.7. The maximum atomic E-state index is 13.5. The number of anilines is 1. The summed E-state index contributed by atoms with van der Waals surface area (Å²) in [6.07, 6.45) is -1.07. The summed E-state index contributed by atoms with van der Waals surface area (Å²) < 4.78 is 12.1. The molecule has 37 heavy (non-hydrogen) atoms. The number of carbonyl (C=O) groups excluding carboxylic acids is 2. The summed E-state index contributed by atoms with van der Waals surface area (Å²) >= 11 is 1.26. The van der Waals surface area contributed by atoms with Crippen LogP contribution in [-0.2, 0) is 10.2 Å². The average Bonchev–Trinajstić information content (AvgIpc) is 3.12. The molecule has 4 rings (SSSR count). The minimum absolute atomic E-state index is 0.0447. The molecule has 1 atom stereocenters. The van der Waals surface area contributed by atoms with Gasteiger partial charge in [-0.25, -0.2) is 0 Å². The van der Waals surface area contributed by atoms with Crippen molar-refractivity contribution in [3.63, 3.8) is 0 Å². The Kier molecular flexibility index (Phi) is 6.97. The average molecular weight is 519 g/mol. The Balaban J connectivity index is 1.73. The number of primary amides is 1. The van der Waals surface area contributed by atoms with Crippen molar-refractivity contribution >= 4 is 39.1 Å². The Bertz CT molecular complexity index is 1560. The number of para-hydroxylation sites is 1. The van der Waals surface area contributed by atoms with Crippen LogP contribution in [0.1, 0.15) is 54.1 Å². The molecule has 192 valence electrons. The third-order valence-corrected chi connectivity index (χ3v) is 7.42. The van der Waals surface area contributed by atoms with Crippen LogP contribution in [0.3, 0.4) is 0 Å². The zero-order valence-electron chi connectivity index (χ0n) is 21.7. The van der Waals surface area contributed by atoms with E-state index in [9.17, 15) is 14.4 Å². The summed E-state index contributed by atoms with van der Waals surface area (Å²) in [5.41, 5.74) is 8.30. The number of aryl methyl sites for hydroxylation is 1. The molecular formula is C29H30N2O5S. The van der Waals surface area contributed by atoms with E-state index in [0.717, 1.165) is 16.0 Å². The number of nitrogens with one attached hydrogen (secondary N) is 1. The normalized spacial score (nSPS) is 12.4. The Hall–Kier alpha value is -3.91. The highest BCUT2D eigenvalue weighted by molar-refractivity contribution is 7.16. The number of hydrogen-bond donors (Lipinski definition) is 2. The lowest BCUT2D eigenvalue weighted by atomic mass is 9.86. The van der Waals surface area contributed by atoms with Gasteiger partial charge in [-0.1, -0.05) is 57.2 Å². The van der Waals surface area contributed by atoms with Gasteiger partial charge in [0.1, 0.15) is 10.6 Å². The molecular weight excluding hydrogens is 488 g/mol. The Labute approximate surface area is 219 Å². The lowest BCUT2D eigenvalue weighted by molar-refractivity contribution is -0.122. The largest absolute Gasteiger partial charge is 0.473 e. The predicted molar refractivity (Wildman–Crippen MR) is 148 cm³/mol. The van der Waals surface area contributed by atoms with Crippen molar-refractivity contribution in [2.45, 2.75) is 53.1 Å². The quantitative estimate of drug-likeness (QED) is 0.328. The van der Waals surface area contributed by atoms with E-state index in [-0.39, 0.29) is 27.9 Å². The van der Waals surface area contributed by atoms with Crippen molar-refractivity contribution in [2.75, 3.05) is 5.32 Å². The molecule has 2 amide bonds. The summed E-state index contributed by atoms with van der Waals surface area (Å²) in [5.74, 6) is -0.963. The topological polar surface area (TPSA) is 112 Å². The highest BCUT2D eigenvalue weighted by atomic mass is 32.1. The number of benzene rings is 2. The van der Waals surface area contributed by atoms with Gasteiger partial charge >= 0.3 is 0 Å². The van der Waals surface area contributed by atoms with Crippen LogP contribution >= 0.6 is 11.3 Å². The van der Waals surface area contributed by atoms with Gasteiger partial charge < -0.3 is 20.2 Å². The first-order chi connectivity index (χ1) is 17.4. The highest BCUT2D eigenvalue weighted by Crippen LogP contribution is 2.34. The van der Waals surface area contributed by atoms with Crippen molar-refractivity contribution in [3.8, 4) is 17.1 Å². The molecule has 2 aromatic carbocycles. The van der Waals surface area contributed by atoms with Crippen molar-refractivity contribution in [1.29, 1.82) is 0 Å². The van der Waals surface area contributed by atoms with Gasteiger partial charge in [-0.15, -0.1) is 11.3 Å². The number of nitrogens with two attached hydrogens (primary N) is 1. The van der Waals surface area contributed by atoms with Gasteiger partial charge in [-0.2, -0.15) is 0 Å². The van der Waals surface area contributed by atoms with Gasteiger partial charge in [-0.05, 0) is 49.4 Å². The highest BCUT2D eigenvalue weighted by Gasteiger charge is 2.26. The Morgan fingerprint density at radius 3 is 2.32 bits per heavy atom. The molecule has 8 heteroatoms.